The van der Waals surface area contributed by atoms with Gasteiger partial charge in [-0.3, -0.25) is 4.79 Å². The maximum atomic E-state index is 12.2. The van der Waals surface area contributed by atoms with Gasteiger partial charge >= 0.3 is 0 Å². The number of hydrogen-bond acceptors (Lipinski definition) is 1. The van der Waals surface area contributed by atoms with Gasteiger partial charge in [-0.25, -0.2) is 4.39 Å². The van der Waals surface area contributed by atoms with Gasteiger partial charge in [0.1, 0.15) is 12.5 Å². The van der Waals surface area contributed by atoms with E-state index in [0.717, 1.165) is 50.4 Å². The summed E-state index contributed by atoms with van der Waals surface area (Å²) < 4.78 is 12.2. The molecule has 2 heteroatoms. The van der Waals surface area contributed by atoms with E-state index < -0.39 is 0 Å². The number of ketones is 1. The van der Waals surface area contributed by atoms with Crippen LogP contribution in [0.4, 0.5) is 4.39 Å². The van der Waals surface area contributed by atoms with Crippen LogP contribution in [0.15, 0.2) is 11.6 Å². The molecule has 0 unspecified atom stereocenters. The van der Waals surface area contributed by atoms with Crippen molar-refractivity contribution in [3.05, 3.63) is 11.6 Å². The first kappa shape index (κ1) is 11.8. The van der Waals surface area contributed by atoms with Crippen molar-refractivity contribution in [2.45, 2.75) is 51.4 Å². The second-order valence-corrected chi connectivity index (χ2v) is 5.23. The molecule has 2 fully saturated rings. The number of alkyl halides is 1. The lowest BCUT2D eigenvalue weighted by molar-refractivity contribution is -0.121. The summed E-state index contributed by atoms with van der Waals surface area (Å²) in [5.74, 6) is 2.01. The average molecular weight is 224 g/mol. The molecule has 1 nitrogen and oxygen atoms in total. The van der Waals surface area contributed by atoms with Gasteiger partial charge in [0.15, 0.2) is 0 Å². The zero-order chi connectivity index (χ0) is 11.4. The van der Waals surface area contributed by atoms with Crippen molar-refractivity contribution in [2.75, 3.05) is 6.67 Å². The standard InChI is InChI=1S/C14H21FO/c15-10-9-11-1-3-12(4-2-11)13-5-7-14(16)8-6-13/h9,12-13H,1-8,10H2. The zero-order valence-electron chi connectivity index (χ0n) is 9.88. The third-order valence-corrected chi connectivity index (χ3v) is 4.29. The number of rotatable bonds is 2. The van der Waals surface area contributed by atoms with E-state index in [1.807, 2.05) is 0 Å². The quantitative estimate of drug-likeness (QED) is 0.651. The fraction of sp³-hybridized carbons (Fsp3) is 0.786. The van der Waals surface area contributed by atoms with E-state index in [1.165, 1.54) is 18.4 Å². The van der Waals surface area contributed by atoms with Crippen molar-refractivity contribution in [1.29, 1.82) is 0 Å². The van der Waals surface area contributed by atoms with E-state index in [9.17, 15) is 9.18 Å². The molecule has 2 aliphatic carbocycles. The first-order chi connectivity index (χ1) is 7.79. The normalized spacial score (nSPS) is 28.2. The van der Waals surface area contributed by atoms with Crippen molar-refractivity contribution < 1.29 is 9.18 Å². The number of halogens is 1. The number of allylic oxidation sites excluding steroid dienone is 2. The summed E-state index contributed by atoms with van der Waals surface area (Å²) in [4.78, 5) is 11.2. The molecule has 0 aliphatic heterocycles. The highest BCUT2D eigenvalue weighted by Gasteiger charge is 2.28. The first-order valence-electron chi connectivity index (χ1n) is 6.55. The molecule has 16 heavy (non-hydrogen) atoms. The molecular weight excluding hydrogens is 203 g/mol. The van der Waals surface area contributed by atoms with Gasteiger partial charge in [0.05, 0.1) is 0 Å². The van der Waals surface area contributed by atoms with Crippen molar-refractivity contribution in [2.24, 2.45) is 11.8 Å². The SMILES string of the molecule is O=C1CCC(C2CCC(=CCF)CC2)CC1. The van der Waals surface area contributed by atoms with Crippen molar-refractivity contribution in [3.63, 3.8) is 0 Å². The maximum Gasteiger partial charge on any atom is 0.132 e. The van der Waals surface area contributed by atoms with Gasteiger partial charge < -0.3 is 0 Å². The van der Waals surface area contributed by atoms with Gasteiger partial charge in [-0.1, -0.05) is 11.6 Å². The Morgan fingerprint density at radius 3 is 2.00 bits per heavy atom. The summed E-state index contributed by atoms with van der Waals surface area (Å²) in [6.45, 7) is -0.308. The molecule has 0 saturated heterocycles. The zero-order valence-corrected chi connectivity index (χ0v) is 9.88. The lowest BCUT2D eigenvalue weighted by atomic mass is 9.72. The minimum absolute atomic E-state index is 0.308. The predicted molar refractivity (Wildman–Crippen MR) is 63.0 cm³/mol. The molecule has 0 N–H and O–H groups in total. The minimum Gasteiger partial charge on any atom is -0.300 e. The molecule has 0 bridgehead atoms. The Bertz CT molecular complexity index is 262. The molecule has 0 amide bonds. The second kappa shape index (κ2) is 5.60. The fourth-order valence-corrected chi connectivity index (χ4v) is 3.23. The van der Waals surface area contributed by atoms with Crippen LogP contribution >= 0.6 is 0 Å². The minimum atomic E-state index is -0.308. The maximum absolute atomic E-state index is 12.2. The van der Waals surface area contributed by atoms with Gasteiger partial charge in [0.2, 0.25) is 0 Å². The molecule has 0 aromatic rings. The van der Waals surface area contributed by atoms with Crippen LogP contribution in [-0.2, 0) is 4.79 Å². The molecule has 2 aliphatic rings. The molecule has 0 atom stereocenters. The lowest BCUT2D eigenvalue weighted by Crippen LogP contribution is -2.24. The number of carbonyl (C=O) groups is 1. The van der Waals surface area contributed by atoms with Crippen LogP contribution in [0.1, 0.15) is 51.4 Å². The Kier molecular flexibility index (Phi) is 4.14. The summed E-state index contributed by atoms with van der Waals surface area (Å²) >= 11 is 0. The smallest absolute Gasteiger partial charge is 0.132 e. The summed E-state index contributed by atoms with van der Waals surface area (Å²) in [5.41, 5.74) is 1.31. The number of carbonyl (C=O) groups excluding carboxylic acids is 1. The van der Waals surface area contributed by atoms with Crippen molar-refractivity contribution >= 4 is 5.78 Å². The molecule has 0 heterocycles. The third kappa shape index (κ3) is 2.93. The van der Waals surface area contributed by atoms with Crippen molar-refractivity contribution in [1.82, 2.24) is 0 Å². The molecule has 0 aromatic carbocycles. The monoisotopic (exact) mass is 224 g/mol. The first-order valence-corrected chi connectivity index (χ1v) is 6.55. The largest absolute Gasteiger partial charge is 0.300 e. The van der Waals surface area contributed by atoms with E-state index in [2.05, 4.69) is 0 Å². The van der Waals surface area contributed by atoms with Crippen LogP contribution in [0.3, 0.4) is 0 Å². The highest BCUT2D eigenvalue weighted by Crippen LogP contribution is 2.38. The number of Topliss-reactive ketones (excluding diaryl/α,β-unsaturated/α-hetero) is 1. The fourth-order valence-electron chi connectivity index (χ4n) is 3.23. The number of hydrogen-bond donors (Lipinski definition) is 0. The van der Waals surface area contributed by atoms with Crippen molar-refractivity contribution in [3.8, 4) is 0 Å². The second-order valence-electron chi connectivity index (χ2n) is 5.23. The molecule has 2 saturated carbocycles. The Morgan fingerprint density at radius 1 is 1.00 bits per heavy atom. The van der Waals surface area contributed by atoms with Crippen LogP contribution in [0, 0.1) is 11.8 Å². The summed E-state index contributed by atoms with van der Waals surface area (Å²) in [5, 5.41) is 0. The lowest BCUT2D eigenvalue weighted by Gasteiger charge is -2.33. The molecule has 0 radical (unpaired) electrons. The predicted octanol–water partition coefficient (Wildman–Crippen LogP) is 3.83. The summed E-state index contributed by atoms with van der Waals surface area (Å²) in [6, 6.07) is 0. The van der Waals surface area contributed by atoms with Gasteiger partial charge in [-0.05, 0) is 50.4 Å². The summed E-state index contributed by atoms with van der Waals surface area (Å²) in [6.07, 6.45) is 10.1. The highest BCUT2D eigenvalue weighted by molar-refractivity contribution is 5.79. The van der Waals surface area contributed by atoms with Gasteiger partial charge in [0.25, 0.3) is 0 Å². The Labute approximate surface area is 97.1 Å². The Balaban J connectivity index is 1.80. The van der Waals surface area contributed by atoms with Crippen LogP contribution in [0.25, 0.3) is 0 Å². The topological polar surface area (TPSA) is 17.1 Å². The molecule has 90 valence electrons. The van der Waals surface area contributed by atoms with Crippen LogP contribution in [-0.4, -0.2) is 12.5 Å². The molecule has 2 rings (SSSR count). The van der Waals surface area contributed by atoms with Gasteiger partial charge in [-0.15, -0.1) is 0 Å². The van der Waals surface area contributed by atoms with Crippen LogP contribution in [0.5, 0.6) is 0 Å². The van der Waals surface area contributed by atoms with Gasteiger partial charge in [0, 0.05) is 12.8 Å². The Hall–Kier alpha value is -0.660. The van der Waals surface area contributed by atoms with Crippen LogP contribution in [0.2, 0.25) is 0 Å². The van der Waals surface area contributed by atoms with E-state index >= 15 is 0 Å². The van der Waals surface area contributed by atoms with E-state index in [1.54, 1.807) is 6.08 Å². The molecular formula is C14H21FO. The van der Waals surface area contributed by atoms with E-state index in [0.29, 0.717) is 5.78 Å². The molecule has 0 spiro atoms. The molecule has 0 aromatic heterocycles. The van der Waals surface area contributed by atoms with E-state index in [4.69, 9.17) is 0 Å². The Morgan fingerprint density at radius 2 is 1.50 bits per heavy atom. The average Bonchev–Trinajstić information content (AvgIpc) is 2.32. The van der Waals surface area contributed by atoms with Crippen LogP contribution < -0.4 is 0 Å². The summed E-state index contributed by atoms with van der Waals surface area (Å²) in [7, 11) is 0. The van der Waals surface area contributed by atoms with Gasteiger partial charge in [-0.2, -0.15) is 0 Å². The highest BCUT2D eigenvalue weighted by atomic mass is 19.1. The third-order valence-electron chi connectivity index (χ3n) is 4.29. The van der Waals surface area contributed by atoms with E-state index in [-0.39, 0.29) is 6.67 Å².